The normalized spacial score (nSPS) is 7.75. The lowest BCUT2D eigenvalue weighted by Gasteiger charge is -1.76. The van der Waals surface area contributed by atoms with Crippen molar-refractivity contribution >= 4 is 20.8 Å². The van der Waals surface area contributed by atoms with Crippen LogP contribution in [0.1, 0.15) is 0 Å². The molecule has 0 amide bonds. The molecule has 0 bridgehead atoms. The smallest absolute Gasteiger partial charge is 0.0943 e. The van der Waals surface area contributed by atoms with Crippen molar-refractivity contribution < 1.29 is 0 Å². The van der Waals surface area contributed by atoms with Gasteiger partial charge in [0.2, 0.25) is 0 Å². The summed E-state index contributed by atoms with van der Waals surface area (Å²) in [6.07, 6.45) is 7.91. The highest BCUT2D eigenvalue weighted by Gasteiger charge is 1.69. The number of nitrogens with zero attached hydrogens (tertiary/aromatic N) is 2. The van der Waals surface area contributed by atoms with Crippen molar-refractivity contribution in [3.05, 3.63) is 31.4 Å². The Morgan fingerprint density at radius 1 is 1.75 bits per heavy atom. The average molecular weight is 206 g/mol. The van der Waals surface area contributed by atoms with Crippen molar-refractivity contribution in [2.75, 3.05) is 6.16 Å². The van der Waals surface area contributed by atoms with Gasteiger partial charge in [0.05, 0.1) is 6.33 Å². The molecule has 0 spiro atoms. The minimum atomic E-state index is 0. The molecule has 1 N–H and O–H groups in total. The fraction of sp³-hybridized carbons (Fsp3) is 0.286. The average Bonchev–Trinajstić information content (AvgIpc) is 2.43. The van der Waals surface area contributed by atoms with Crippen LogP contribution in [0.3, 0.4) is 0 Å². The minimum Gasteiger partial charge on any atom is -0.341 e. The number of nitrogens with one attached hydrogen (secondary N) is 1. The van der Waals surface area contributed by atoms with Gasteiger partial charge < -0.3 is 4.57 Å². The largest absolute Gasteiger partial charge is 0.341 e. The van der Waals surface area contributed by atoms with Crippen LogP contribution in [0.15, 0.2) is 31.4 Å². The molecule has 5 heteroatoms. The summed E-state index contributed by atoms with van der Waals surface area (Å²) < 4.78 is 1.89. The number of aromatic nitrogens is 2. The number of halogens is 1. The summed E-state index contributed by atoms with van der Waals surface area (Å²) in [7, 11) is 2.60. The zero-order chi connectivity index (χ0) is 8.53. The standard InChI is InChI=1S/C4H6N2.C3H6NP.ClH/c1-6-3-2-5-4-6;1-2-3-5-4;/h2-4H,1H3;2,4H,1,3H2;1H. The molecule has 1 heterocycles. The van der Waals surface area contributed by atoms with Gasteiger partial charge in [-0.05, 0) is 0 Å². The molecule has 0 unspecified atom stereocenters. The third-order valence-corrected chi connectivity index (χ3v) is 1.30. The Morgan fingerprint density at radius 3 is 2.50 bits per heavy atom. The van der Waals surface area contributed by atoms with Crippen LogP contribution in [0, 0.1) is 5.16 Å². The Balaban J connectivity index is 0. The first-order valence-corrected chi connectivity index (χ1v) is 4.25. The van der Waals surface area contributed by atoms with Crippen LogP contribution >= 0.6 is 20.8 Å². The Kier molecular flexibility index (Phi) is 12.0. The van der Waals surface area contributed by atoms with Gasteiger partial charge in [-0.25, -0.2) is 4.98 Å². The Labute approximate surface area is 80.6 Å². The van der Waals surface area contributed by atoms with Gasteiger partial charge in [0.25, 0.3) is 0 Å². The molecule has 0 radical (unpaired) electrons. The van der Waals surface area contributed by atoms with Crippen LogP contribution < -0.4 is 0 Å². The summed E-state index contributed by atoms with van der Waals surface area (Å²) in [6.45, 7) is 3.42. The molecule has 12 heavy (non-hydrogen) atoms. The lowest BCUT2D eigenvalue weighted by Crippen LogP contribution is -1.76. The summed E-state index contributed by atoms with van der Waals surface area (Å²) in [6, 6.07) is 0. The van der Waals surface area contributed by atoms with E-state index in [1.54, 1.807) is 18.6 Å². The molecule has 68 valence electrons. The highest BCUT2D eigenvalue weighted by molar-refractivity contribution is 7.25. The topological polar surface area (TPSA) is 41.7 Å². The third-order valence-electron chi connectivity index (χ3n) is 0.857. The monoisotopic (exact) mass is 205 g/mol. The summed E-state index contributed by atoms with van der Waals surface area (Å²) >= 11 is 0. The SMILES string of the molecule is C=CCP=N.Cl.Cn1ccnc1. The summed E-state index contributed by atoms with van der Waals surface area (Å²) in [5, 5.41) is 6.50. The molecule has 0 aliphatic rings. The van der Waals surface area contributed by atoms with Crippen LogP contribution in [0.5, 0.6) is 0 Å². The number of hydrogen-bond donors (Lipinski definition) is 1. The molecule has 0 aromatic carbocycles. The van der Waals surface area contributed by atoms with Gasteiger partial charge in [-0.1, -0.05) is 6.08 Å². The molecule has 3 nitrogen and oxygen atoms in total. The zero-order valence-corrected chi connectivity index (χ0v) is 8.68. The lowest BCUT2D eigenvalue weighted by molar-refractivity contribution is 0.913. The van der Waals surface area contributed by atoms with Gasteiger partial charge in [-0.3, -0.25) is 5.16 Å². The fourth-order valence-corrected chi connectivity index (χ4v) is 0.519. The van der Waals surface area contributed by atoms with Gasteiger partial charge in [-0.2, -0.15) is 0 Å². The summed E-state index contributed by atoms with van der Waals surface area (Å²) in [4.78, 5) is 3.78. The van der Waals surface area contributed by atoms with Gasteiger partial charge in [-0.15, -0.1) is 19.0 Å². The highest BCUT2D eigenvalue weighted by atomic mass is 35.5. The zero-order valence-electron chi connectivity index (χ0n) is 6.97. The Morgan fingerprint density at radius 2 is 2.42 bits per heavy atom. The van der Waals surface area contributed by atoms with E-state index >= 15 is 0 Å². The maximum atomic E-state index is 6.50. The first-order valence-electron chi connectivity index (χ1n) is 3.17. The van der Waals surface area contributed by atoms with E-state index < -0.39 is 0 Å². The maximum absolute atomic E-state index is 6.50. The Hall–Kier alpha value is -0.660. The van der Waals surface area contributed by atoms with E-state index in [-0.39, 0.29) is 12.4 Å². The molecule has 0 aliphatic heterocycles. The van der Waals surface area contributed by atoms with Crippen molar-refractivity contribution in [3.8, 4) is 0 Å². The van der Waals surface area contributed by atoms with E-state index in [0.29, 0.717) is 8.37 Å². The van der Waals surface area contributed by atoms with Crippen molar-refractivity contribution in [1.82, 2.24) is 9.55 Å². The highest BCUT2D eigenvalue weighted by Crippen LogP contribution is 1.87. The first-order chi connectivity index (χ1) is 5.31. The summed E-state index contributed by atoms with van der Waals surface area (Å²) in [5.74, 6) is 0. The molecule has 1 aromatic heterocycles. The molecule has 1 rings (SSSR count). The second kappa shape index (κ2) is 10.3. The van der Waals surface area contributed by atoms with Crippen LogP contribution in [0.25, 0.3) is 0 Å². The molecule has 0 saturated carbocycles. The number of rotatable bonds is 2. The predicted molar refractivity (Wildman–Crippen MR) is 55.2 cm³/mol. The van der Waals surface area contributed by atoms with Crippen LogP contribution in [0.4, 0.5) is 0 Å². The minimum absolute atomic E-state index is 0. The van der Waals surface area contributed by atoms with Crippen molar-refractivity contribution in [2.24, 2.45) is 7.05 Å². The van der Waals surface area contributed by atoms with Crippen LogP contribution in [-0.2, 0) is 7.05 Å². The van der Waals surface area contributed by atoms with Gasteiger partial charge >= 0.3 is 0 Å². The van der Waals surface area contributed by atoms with Crippen LogP contribution in [-0.4, -0.2) is 15.7 Å². The van der Waals surface area contributed by atoms with Crippen molar-refractivity contribution in [2.45, 2.75) is 0 Å². The van der Waals surface area contributed by atoms with Gasteiger partial charge in [0.1, 0.15) is 0 Å². The number of allylic oxidation sites excluding steroid dienone is 1. The van der Waals surface area contributed by atoms with E-state index in [9.17, 15) is 0 Å². The quantitative estimate of drug-likeness (QED) is 0.586. The molecule has 0 aliphatic carbocycles. The molecule has 0 saturated heterocycles. The first kappa shape index (κ1) is 13.9. The van der Waals surface area contributed by atoms with E-state index in [0.717, 1.165) is 6.16 Å². The fourth-order valence-electron chi connectivity index (χ4n) is 0.390. The van der Waals surface area contributed by atoms with Crippen LogP contribution in [0.2, 0.25) is 0 Å². The number of hydrogen-bond acceptors (Lipinski definition) is 2. The molecule has 0 atom stereocenters. The Bertz CT molecular complexity index is 192. The molecular weight excluding hydrogens is 193 g/mol. The second-order valence-corrected chi connectivity index (χ2v) is 2.54. The van der Waals surface area contributed by atoms with E-state index in [1.165, 1.54) is 0 Å². The van der Waals surface area contributed by atoms with E-state index in [4.69, 9.17) is 5.16 Å². The van der Waals surface area contributed by atoms with Gasteiger partial charge in [0.15, 0.2) is 0 Å². The predicted octanol–water partition coefficient (Wildman–Crippen LogP) is 2.72. The maximum Gasteiger partial charge on any atom is 0.0943 e. The van der Waals surface area contributed by atoms with E-state index in [2.05, 4.69) is 11.6 Å². The number of imidazole rings is 1. The second-order valence-electron chi connectivity index (χ2n) is 1.86. The molecule has 1 aromatic rings. The van der Waals surface area contributed by atoms with Crippen molar-refractivity contribution in [1.29, 1.82) is 5.16 Å². The van der Waals surface area contributed by atoms with Gasteiger partial charge in [0, 0.05) is 34.0 Å². The summed E-state index contributed by atoms with van der Waals surface area (Å²) in [5.41, 5.74) is 0. The third kappa shape index (κ3) is 9.34. The number of aryl methyl sites for hydroxylation is 1. The lowest BCUT2D eigenvalue weighted by atomic mass is 10.8. The van der Waals surface area contributed by atoms with Crippen molar-refractivity contribution in [3.63, 3.8) is 0 Å². The molecular formula is C7H13ClN3P. The van der Waals surface area contributed by atoms with E-state index in [1.807, 2.05) is 17.8 Å². The molecule has 0 fully saturated rings.